The average Bonchev–Trinajstić information content (AvgIpc) is 2.27. The molecule has 7 nitrogen and oxygen atoms in total. The highest BCUT2D eigenvalue weighted by molar-refractivity contribution is 7.90. The van der Waals surface area contributed by atoms with Gasteiger partial charge in [-0.25, -0.2) is 26.3 Å². The number of nitrogens with one attached hydrogen (secondary N) is 3. The van der Waals surface area contributed by atoms with Crippen LogP contribution in [0.3, 0.4) is 0 Å². The summed E-state index contributed by atoms with van der Waals surface area (Å²) >= 11 is 0. The second-order valence-electron chi connectivity index (χ2n) is 4.81. The Kier molecular flexibility index (Phi) is 6.18. The summed E-state index contributed by atoms with van der Waals surface area (Å²) in [7, 11) is -6.78. The molecule has 19 heavy (non-hydrogen) atoms. The maximum atomic E-state index is 11.8. The Morgan fingerprint density at radius 2 is 1.89 bits per heavy atom. The van der Waals surface area contributed by atoms with E-state index in [1.54, 1.807) is 0 Å². The quantitative estimate of drug-likeness (QED) is 0.558. The molecule has 1 aliphatic rings. The lowest BCUT2D eigenvalue weighted by Gasteiger charge is -2.28. The summed E-state index contributed by atoms with van der Waals surface area (Å²) in [6, 6.07) is 0.226. The summed E-state index contributed by atoms with van der Waals surface area (Å²) in [6.07, 6.45) is 1.50. The first-order chi connectivity index (χ1) is 8.74. The van der Waals surface area contributed by atoms with Crippen molar-refractivity contribution in [2.45, 2.75) is 38.8 Å². The largest absolute Gasteiger partial charge is 0.314 e. The van der Waals surface area contributed by atoms with E-state index in [9.17, 15) is 16.8 Å². The van der Waals surface area contributed by atoms with E-state index in [4.69, 9.17) is 0 Å². The van der Waals surface area contributed by atoms with Crippen molar-refractivity contribution in [1.29, 1.82) is 0 Å². The highest BCUT2D eigenvalue weighted by Crippen LogP contribution is 2.09. The first-order valence-corrected chi connectivity index (χ1v) is 9.75. The Bertz CT molecular complexity index is 475. The van der Waals surface area contributed by atoms with E-state index in [-0.39, 0.29) is 24.1 Å². The number of rotatable bonds is 7. The van der Waals surface area contributed by atoms with Crippen LogP contribution in [0.2, 0.25) is 0 Å². The number of hydrogen-bond acceptors (Lipinski definition) is 5. The van der Waals surface area contributed by atoms with Gasteiger partial charge in [-0.1, -0.05) is 0 Å². The summed E-state index contributed by atoms with van der Waals surface area (Å²) in [5.74, 6) is -0.281. The molecule has 0 amide bonds. The fraction of sp³-hybridized carbons (Fsp3) is 1.00. The molecule has 0 aliphatic carbocycles. The molecule has 1 saturated heterocycles. The van der Waals surface area contributed by atoms with Crippen molar-refractivity contribution in [3.8, 4) is 0 Å². The van der Waals surface area contributed by atoms with Gasteiger partial charge in [0, 0.05) is 18.6 Å². The van der Waals surface area contributed by atoms with E-state index >= 15 is 0 Å². The van der Waals surface area contributed by atoms with Gasteiger partial charge in [0.15, 0.2) is 0 Å². The molecular weight excluding hydrogens is 290 g/mol. The average molecular weight is 313 g/mol. The highest BCUT2D eigenvalue weighted by Gasteiger charge is 2.23. The zero-order valence-corrected chi connectivity index (χ0v) is 13.0. The van der Waals surface area contributed by atoms with E-state index in [2.05, 4.69) is 14.8 Å². The molecule has 9 heteroatoms. The minimum atomic E-state index is -3.44. The van der Waals surface area contributed by atoms with Crippen LogP contribution in [0, 0.1) is 0 Å². The summed E-state index contributed by atoms with van der Waals surface area (Å²) in [4.78, 5) is 0. The summed E-state index contributed by atoms with van der Waals surface area (Å²) in [5.41, 5.74) is 0. The van der Waals surface area contributed by atoms with Gasteiger partial charge in [-0.15, -0.1) is 0 Å². The van der Waals surface area contributed by atoms with Crippen LogP contribution in [0.4, 0.5) is 0 Å². The lowest BCUT2D eigenvalue weighted by atomic mass is 10.0. The molecule has 0 saturated carbocycles. The Balaban J connectivity index is 2.39. The summed E-state index contributed by atoms with van der Waals surface area (Å²) < 4.78 is 50.9. The van der Waals surface area contributed by atoms with Crippen LogP contribution in [0.15, 0.2) is 0 Å². The molecule has 2 unspecified atom stereocenters. The third kappa shape index (κ3) is 6.66. The van der Waals surface area contributed by atoms with E-state index in [1.165, 1.54) is 6.92 Å². The fourth-order valence-electron chi connectivity index (χ4n) is 1.99. The van der Waals surface area contributed by atoms with Crippen LogP contribution in [-0.2, 0) is 20.0 Å². The number of hydrogen-bond donors (Lipinski definition) is 3. The molecule has 0 aromatic carbocycles. The van der Waals surface area contributed by atoms with Crippen molar-refractivity contribution in [1.82, 2.24) is 14.8 Å². The molecule has 1 heterocycles. The van der Waals surface area contributed by atoms with Crippen molar-refractivity contribution >= 4 is 20.0 Å². The monoisotopic (exact) mass is 313 g/mol. The minimum absolute atomic E-state index is 0.0493. The molecule has 3 N–H and O–H groups in total. The van der Waals surface area contributed by atoms with Crippen molar-refractivity contribution in [3.05, 3.63) is 0 Å². The smallest absolute Gasteiger partial charge is 0.213 e. The predicted molar refractivity (Wildman–Crippen MR) is 74.9 cm³/mol. The second-order valence-corrected chi connectivity index (χ2v) is 8.78. The van der Waals surface area contributed by atoms with Crippen LogP contribution in [0.5, 0.6) is 0 Å². The standard InChI is InChI=1S/C10H23N3O4S2/c1-3-18(14,15)12-6-7-19(16,17)13-10-4-5-11-9(2)8-10/h9-13H,3-8H2,1-2H3. The van der Waals surface area contributed by atoms with Crippen LogP contribution >= 0.6 is 0 Å². The molecule has 0 bridgehead atoms. The number of sulfonamides is 2. The first-order valence-electron chi connectivity index (χ1n) is 6.45. The zero-order chi connectivity index (χ0) is 14.5. The van der Waals surface area contributed by atoms with Gasteiger partial charge in [0.05, 0.1) is 11.5 Å². The number of piperidine rings is 1. The van der Waals surface area contributed by atoms with Crippen molar-refractivity contribution in [2.75, 3.05) is 24.6 Å². The Labute approximate surface area is 115 Å². The topological polar surface area (TPSA) is 104 Å². The van der Waals surface area contributed by atoms with E-state index in [0.29, 0.717) is 6.04 Å². The molecule has 1 aliphatic heterocycles. The van der Waals surface area contributed by atoms with Crippen LogP contribution in [0.1, 0.15) is 26.7 Å². The van der Waals surface area contributed by atoms with Crippen LogP contribution in [0.25, 0.3) is 0 Å². The molecule has 1 fully saturated rings. The highest BCUT2D eigenvalue weighted by atomic mass is 32.2. The van der Waals surface area contributed by atoms with Crippen LogP contribution < -0.4 is 14.8 Å². The lowest BCUT2D eigenvalue weighted by molar-refractivity contribution is 0.361. The van der Waals surface area contributed by atoms with E-state index in [0.717, 1.165) is 19.4 Å². The molecule has 0 aromatic heterocycles. The van der Waals surface area contributed by atoms with Gasteiger partial charge in [0.1, 0.15) is 0 Å². The molecule has 0 spiro atoms. The molecular formula is C10H23N3O4S2. The Morgan fingerprint density at radius 1 is 1.21 bits per heavy atom. The van der Waals surface area contributed by atoms with Crippen molar-refractivity contribution in [3.63, 3.8) is 0 Å². The van der Waals surface area contributed by atoms with Gasteiger partial charge in [0.25, 0.3) is 0 Å². The van der Waals surface area contributed by atoms with Crippen LogP contribution in [-0.4, -0.2) is 53.5 Å². The van der Waals surface area contributed by atoms with Gasteiger partial charge in [-0.2, -0.15) is 0 Å². The van der Waals surface area contributed by atoms with Gasteiger partial charge >= 0.3 is 0 Å². The molecule has 1 rings (SSSR count). The van der Waals surface area contributed by atoms with E-state index < -0.39 is 20.0 Å². The van der Waals surface area contributed by atoms with Gasteiger partial charge in [-0.3, -0.25) is 0 Å². The maximum Gasteiger partial charge on any atom is 0.213 e. The Hall–Kier alpha value is -0.220. The van der Waals surface area contributed by atoms with E-state index in [1.807, 2.05) is 6.92 Å². The third-order valence-electron chi connectivity index (χ3n) is 3.04. The summed E-state index contributed by atoms with van der Waals surface area (Å²) in [6.45, 7) is 4.21. The van der Waals surface area contributed by atoms with Crippen molar-refractivity contribution in [2.24, 2.45) is 0 Å². The predicted octanol–water partition coefficient (Wildman–Crippen LogP) is -1.01. The SMILES string of the molecule is CCS(=O)(=O)NCCS(=O)(=O)NC1CCNC(C)C1. The van der Waals surface area contributed by atoms with Gasteiger partial charge < -0.3 is 5.32 Å². The summed E-state index contributed by atoms with van der Waals surface area (Å²) in [5, 5.41) is 3.24. The maximum absolute atomic E-state index is 11.8. The fourth-order valence-corrected chi connectivity index (χ4v) is 3.94. The second kappa shape index (κ2) is 6.98. The van der Waals surface area contributed by atoms with Crippen molar-refractivity contribution < 1.29 is 16.8 Å². The zero-order valence-electron chi connectivity index (χ0n) is 11.3. The third-order valence-corrected chi connectivity index (χ3v) is 5.88. The lowest BCUT2D eigenvalue weighted by Crippen LogP contribution is -2.47. The molecule has 0 radical (unpaired) electrons. The Morgan fingerprint density at radius 3 is 2.47 bits per heavy atom. The first kappa shape index (κ1) is 16.8. The normalized spacial score (nSPS) is 25.4. The minimum Gasteiger partial charge on any atom is -0.314 e. The molecule has 2 atom stereocenters. The van der Waals surface area contributed by atoms with Gasteiger partial charge in [0.2, 0.25) is 20.0 Å². The molecule has 114 valence electrons. The molecule has 0 aromatic rings. The van der Waals surface area contributed by atoms with Gasteiger partial charge in [-0.05, 0) is 33.2 Å².